The van der Waals surface area contributed by atoms with Crippen LogP contribution in [0.5, 0.6) is 5.88 Å². The van der Waals surface area contributed by atoms with Gasteiger partial charge in [0.15, 0.2) is 0 Å². The van der Waals surface area contributed by atoms with E-state index in [4.69, 9.17) is 16.3 Å². The molecule has 0 bridgehead atoms. The van der Waals surface area contributed by atoms with E-state index >= 15 is 0 Å². The van der Waals surface area contributed by atoms with Crippen LogP contribution in [0.25, 0.3) is 11.3 Å². The van der Waals surface area contributed by atoms with Crippen molar-refractivity contribution in [3.8, 4) is 17.1 Å². The van der Waals surface area contributed by atoms with Crippen LogP contribution in [0.15, 0.2) is 67.0 Å². The SMILES string of the molecule is Clc1ccc(N2CCN(CCCCCOc3cc(-c4ccccc4)ncn3)CC2)cc1. The molecule has 162 valence electrons. The molecule has 0 unspecified atom stereocenters. The van der Waals surface area contributed by atoms with Crippen LogP contribution in [0.2, 0.25) is 5.02 Å². The van der Waals surface area contributed by atoms with Crippen molar-refractivity contribution < 1.29 is 4.74 Å². The third kappa shape index (κ3) is 6.42. The van der Waals surface area contributed by atoms with E-state index in [0.717, 1.165) is 61.8 Å². The second-order valence-corrected chi connectivity index (χ2v) is 8.26. The average molecular weight is 437 g/mol. The zero-order valence-corrected chi connectivity index (χ0v) is 18.5. The molecule has 0 atom stereocenters. The van der Waals surface area contributed by atoms with E-state index < -0.39 is 0 Å². The molecule has 1 aliphatic rings. The largest absolute Gasteiger partial charge is 0.478 e. The van der Waals surface area contributed by atoms with Crippen LogP contribution in [0.3, 0.4) is 0 Å². The fourth-order valence-corrected chi connectivity index (χ4v) is 3.98. The summed E-state index contributed by atoms with van der Waals surface area (Å²) in [7, 11) is 0. The topological polar surface area (TPSA) is 41.5 Å². The van der Waals surface area contributed by atoms with Gasteiger partial charge >= 0.3 is 0 Å². The molecule has 4 rings (SSSR count). The first kappa shape index (κ1) is 21.6. The predicted molar refractivity (Wildman–Crippen MR) is 127 cm³/mol. The first-order chi connectivity index (χ1) is 15.3. The molecule has 2 heterocycles. The van der Waals surface area contributed by atoms with Gasteiger partial charge in [-0.25, -0.2) is 9.97 Å². The van der Waals surface area contributed by atoms with E-state index in [-0.39, 0.29) is 0 Å². The fourth-order valence-electron chi connectivity index (χ4n) is 3.86. The number of benzene rings is 2. The Morgan fingerprint density at radius 3 is 2.39 bits per heavy atom. The van der Waals surface area contributed by atoms with Crippen LogP contribution in [-0.2, 0) is 0 Å². The highest BCUT2D eigenvalue weighted by Gasteiger charge is 2.16. The van der Waals surface area contributed by atoms with E-state index in [9.17, 15) is 0 Å². The normalized spacial score (nSPS) is 14.5. The number of unbranched alkanes of at least 4 members (excludes halogenated alkanes) is 2. The van der Waals surface area contributed by atoms with Gasteiger partial charge in [0.05, 0.1) is 12.3 Å². The highest BCUT2D eigenvalue weighted by molar-refractivity contribution is 6.30. The van der Waals surface area contributed by atoms with Crippen LogP contribution >= 0.6 is 11.6 Å². The van der Waals surface area contributed by atoms with Gasteiger partial charge < -0.3 is 9.64 Å². The monoisotopic (exact) mass is 436 g/mol. The highest BCUT2D eigenvalue weighted by atomic mass is 35.5. The Hall–Kier alpha value is -2.63. The quantitative estimate of drug-likeness (QED) is 0.433. The molecule has 1 aliphatic heterocycles. The molecule has 6 heteroatoms. The smallest absolute Gasteiger partial charge is 0.216 e. The summed E-state index contributed by atoms with van der Waals surface area (Å²) in [6.45, 7) is 6.21. The van der Waals surface area contributed by atoms with Gasteiger partial charge in [0.25, 0.3) is 0 Å². The molecule has 0 spiro atoms. The number of hydrogen-bond acceptors (Lipinski definition) is 5. The minimum absolute atomic E-state index is 0.646. The number of anilines is 1. The van der Waals surface area contributed by atoms with Crippen LogP contribution in [-0.4, -0.2) is 54.2 Å². The van der Waals surface area contributed by atoms with Gasteiger partial charge in [0.2, 0.25) is 5.88 Å². The Balaban J connectivity index is 1.11. The third-order valence-electron chi connectivity index (χ3n) is 5.64. The Morgan fingerprint density at radius 2 is 1.61 bits per heavy atom. The molecule has 1 fully saturated rings. The van der Waals surface area contributed by atoms with Crippen LogP contribution in [0, 0.1) is 0 Å². The van der Waals surface area contributed by atoms with E-state index in [1.54, 1.807) is 6.33 Å². The number of halogens is 1. The molecule has 0 radical (unpaired) electrons. The zero-order valence-electron chi connectivity index (χ0n) is 17.8. The Bertz CT molecular complexity index is 928. The van der Waals surface area contributed by atoms with E-state index in [1.165, 1.54) is 12.1 Å². The van der Waals surface area contributed by atoms with Crippen molar-refractivity contribution in [2.45, 2.75) is 19.3 Å². The lowest BCUT2D eigenvalue weighted by atomic mass is 10.1. The molecule has 0 aliphatic carbocycles. The summed E-state index contributed by atoms with van der Waals surface area (Å²) in [4.78, 5) is 13.6. The minimum atomic E-state index is 0.646. The molecular weight excluding hydrogens is 408 g/mol. The number of aromatic nitrogens is 2. The van der Waals surface area contributed by atoms with Crippen LogP contribution in [0.4, 0.5) is 5.69 Å². The summed E-state index contributed by atoms with van der Waals surface area (Å²) < 4.78 is 5.85. The van der Waals surface area contributed by atoms with Crippen LogP contribution in [0.1, 0.15) is 19.3 Å². The highest BCUT2D eigenvalue weighted by Crippen LogP contribution is 2.20. The maximum absolute atomic E-state index is 5.99. The molecule has 2 aromatic carbocycles. The summed E-state index contributed by atoms with van der Waals surface area (Å²) in [6, 6.07) is 20.2. The molecule has 31 heavy (non-hydrogen) atoms. The van der Waals surface area contributed by atoms with Crippen molar-refractivity contribution >= 4 is 17.3 Å². The Kier molecular flexibility index (Phi) is 7.75. The number of piperazine rings is 1. The summed E-state index contributed by atoms with van der Waals surface area (Å²) in [6.07, 6.45) is 4.97. The summed E-state index contributed by atoms with van der Waals surface area (Å²) >= 11 is 5.99. The zero-order chi connectivity index (χ0) is 21.3. The number of hydrogen-bond donors (Lipinski definition) is 0. The standard InChI is InChI=1S/C25H29ClN4O/c26-22-9-11-23(12-10-22)30-16-14-29(15-17-30)13-5-2-6-18-31-25-19-24(27-20-28-25)21-7-3-1-4-8-21/h1,3-4,7-12,19-20H,2,5-6,13-18H2. The molecular formula is C25H29ClN4O. The second-order valence-electron chi connectivity index (χ2n) is 7.82. The van der Waals surface area contributed by atoms with Crippen molar-refractivity contribution in [2.24, 2.45) is 0 Å². The maximum Gasteiger partial charge on any atom is 0.216 e. The van der Waals surface area contributed by atoms with Gasteiger partial charge in [-0.1, -0.05) is 41.9 Å². The number of rotatable bonds is 9. The molecule has 3 aromatic rings. The lowest BCUT2D eigenvalue weighted by Crippen LogP contribution is -2.46. The molecule has 0 amide bonds. The van der Waals surface area contributed by atoms with Gasteiger partial charge in [-0.2, -0.15) is 0 Å². The average Bonchev–Trinajstić information content (AvgIpc) is 2.83. The number of nitrogens with zero attached hydrogens (tertiary/aromatic N) is 4. The molecule has 5 nitrogen and oxygen atoms in total. The summed E-state index contributed by atoms with van der Waals surface area (Å²) in [5.41, 5.74) is 3.23. The molecule has 1 aromatic heterocycles. The van der Waals surface area contributed by atoms with Crippen molar-refractivity contribution in [3.63, 3.8) is 0 Å². The number of ether oxygens (including phenoxy) is 1. The fraction of sp³-hybridized carbons (Fsp3) is 0.360. The van der Waals surface area contributed by atoms with Crippen LogP contribution < -0.4 is 9.64 Å². The molecule has 0 saturated carbocycles. The van der Waals surface area contributed by atoms with Crippen molar-refractivity contribution in [3.05, 3.63) is 72.0 Å². The summed E-state index contributed by atoms with van der Waals surface area (Å²) in [5, 5.41) is 0.794. The first-order valence-corrected chi connectivity index (χ1v) is 11.4. The Morgan fingerprint density at radius 1 is 0.839 bits per heavy atom. The third-order valence-corrected chi connectivity index (χ3v) is 5.90. The van der Waals surface area contributed by atoms with Gasteiger partial charge in [0, 0.05) is 48.5 Å². The van der Waals surface area contributed by atoms with E-state index in [1.807, 2.05) is 48.5 Å². The van der Waals surface area contributed by atoms with Gasteiger partial charge in [0.1, 0.15) is 6.33 Å². The molecule has 0 N–H and O–H groups in total. The van der Waals surface area contributed by atoms with Gasteiger partial charge in [-0.05, 0) is 50.1 Å². The minimum Gasteiger partial charge on any atom is -0.478 e. The maximum atomic E-state index is 5.99. The molecule has 1 saturated heterocycles. The van der Waals surface area contributed by atoms with Gasteiger partial charge in [-0.15, -0.1) is 0 Å². The van der Waals surface area contributed by atoms with Crippen molar-refractivity contribution in [2.75, 3.05) is 44.2 Å². The first-order valence-electron chi connectivity index (χ1n) is 11.0. The van der Waals surface area contributed by atoms with E-state index in [0.29, 0.717) is 12.5 Å². The van der Waals surface area contributed by atoms with Crippen molar-refractivity contribution in [1.29, 1.82) is 0 Å². The lowest BCUT2D eigenvalue weighted by Gasteiger charge is -2.36. The van der Waals surface area contributed by atoms with Crippen molar-refractivity contribution in [1.82, 2.24) is 14.9 Å². The predicted octanol–water partition coefficient (Wildman–Crippen LogP) is 5.17. The second kappa shape index (κ2) is 11.1. The lowest BCUT2D eigenvalue weighted by molar-refractivity contribution is 0.245. The Labute approximate surface area is 189 Å². The van der Waals surface area contributed by atoms with Gasteiger partial charge in [-0.3, -0.25) is 4.90 Å². The summed E-state index contributed by atoms with van der Waals surface area (Å²) in [5.74, 6) is 0.646. The van der Waals surface area contributed by atoms with E-state index in [2.05, 4.69) is 31.9 Å².